The zero-order chi connectivity index (χ0) is 18.4. The fraction of sp³-hybridized carbons (Fsp3) is 0.474. The molecular weight excluding hydrogens is 334 g/mol. The molecule has 0 radical (unpaired) electrons. The number of nitrogens with one attached hydrogen (secondary N) is 1. The third-order valence-corrected chi connectivity index (χ3v) is 4.53. The lowest BCUT2D eigenvalue weighted by Crippen LogP contribution is -2.21. The van der Waals surface area contributed by atoms with Crippen LogP contribution in [0, 0.1) is 0 Å². The number of pyridine rings is 1. The number of aromatic nitrogens is 1. The quantitative estimate of drug-likeness (QED) is 0.666. The Morgan fingerprint density at radius 3 is 2.85 bits per heavy atom. The Morgan fingerprint density at radius 2 is 2.12 bits per heavy atom. The maximum Gasteiger partial charge on any atom is 0.322 e. The van der Waals surface area contributed by atoms with Crippen LogP contribution in [0.3, 0.4) is 0 Å². The predicted octanol–water partition coefficient (Wildman–Crippen LogP) is 2.60. The summed E-state index contributed by atoms with van der Waals surface area (Å²) in [4.78, 5) is 17.6. The van der Waals surface area contributed by atoms with Crippen LogP contribution in [0.1, 0.15) is 19.3 Å². The summed E-state index contributed by atoms with van der Waals surface area (Å²) >= 11 is 0. The molecule has 1 aliphatic heterocycles. The maximum atomic E-state index is 10.8. The first-order valence-corrected chi connectivity index (χ1v) is 8.95. The van der Waals surface area contributed by atoms with Gasteiger partial charge < -0.3 is 24.8 Å². The lowest BCUT2D eigenvalue weighted by atomic mass is 10.1. The molecular formula is C19H25N3O4. The molecule has 1 aromatic heterocycles. The number of carbonyl (C=O) groups is 1. The zero-order valence-corrected chi connectivity index (χ0v) is 15.0. The molecule has 7 heteroatoms. The monoisotopic (exact) mass is 359 g/mol. The van der Waals surface area contributed by atoms with E-state index >= 15 is 0 Å². The van der Waals surface area contributed by atoms with Crippen LogP contribution in [-0.4, -0.2) is 60.9 Å². The largest absolute Gasteiger partial charge is 0.493 e. The van der Waals surface area contributed by atoms with E-state index in [0.29, 0.717) is 23.8 Å². The van der Waals surface area contributed by atoms with Crippen LogP contribution >= 0.6 is 0 Å². The first-order valence-electron chi connectivity index (χ1n) is 8.95. The Bertz CT molecular complexity index is 760. The van der Waals surface area contributed by atoms with Gasteiger partial charge in [-0.2, -0.15) is 0 Å². The molecule has 0 spiro atoms. The van der Waals surface area contributed by atoms with Gasteiger partial charge in [-0.05, 0) is 44.5 Å². The van der Waals surface area contributed by atoms with Crippen LogP contribution in [0.25, 0.3) is 10.9 Å². The smallest absolute Gasteiger partial charge is 0.322 e. The summed E-state index contributed by atoms with van der Waals surface area (Å²) in [5.41, 5.74) is 1.44. The third-order valence-electron chi connectivity index (χ3n) is 4.53. The van der Waals surface area contributed by atoms with Crippen molar-refractivity contribution in [2.75, 3.05) is 45.2 Å². The van der Waals surface area contributed by atoms with Crippen molar-refractivity contribution in [2.24, 2.45) is 0 Å². The summed E-state index contributed by atoms with van der Waals surface area (Å²) in [5, 5.41) is 12.6. The van der Waals surface area contributed by atoms with E-state index in [1.54, 1.807) is 19.4 Å². The summed E-state index contributed by atoms with van der Waals surface area (Å²) < 4.78 is 11.4. The number of rotatable bonds is 9. The fourth-order valence-corrected chi connectivity index (χ4v) is 3.23. The van der Waals surface area contributed by atoms with Gasteiger partial charge in [0.1, 0.15) is 6.54 Å². The van der Waals surface area contributed by atoms with E-state index in [1.165, 1.54) is 25.9 Å². The Morgan fingerprint density at radius 1 is 1.31 bits per heavy atom. The highest BCUT2D eigenvalue weighted by Gasteiger charge is 2.13. The van der Waals surface area contributed by atoms with Crippen LogP contribution < -0.4 is 14.8 Å². The van der Waals surface area contributed by atoms with E-state index in [2.05, 4.69) is 15.2 Å². The highest BCUT2D eigenvalue weighted by molar-refractivity contribution is 5.94. The molecule has 1 saturated heterocycles. The lowest BCUT2D eigenvalue weighted by molar-refractivity contribution is -0.134. The van der Waals surface area contributed by atoms with Gasteiger partial charge in [0.25, 0.3) is 0 Å². The molecule has 2 N–H and O–H groups in total. The second kappa shape index (κ2) is 8.71. The minimum absolute atomic E-state index is 0.157. The number of likely N-dealkylation sites (tertiary alicyclic amines) is 1. The van der Waals surface area contributed by atoms with Gasteiger partial charge in [0.2, 0.25) is 0 Å². The van der Waals surface area contributed by atoms with Crippen molar-refractivity contribution in [3.63, 3.8) is 0 Å². The van der Waals surface area contributed by atoms with Crippen molar-refractivity contribution >= 4 is 22.6 Å². The number of methoxy groups -OCH3 is 1. The first kappa shape index (κ1) is 18.3. The molecule has 0 saturated carbocycles. The molecule has 0 unspecified atom stereocenters. The molecule has 7 nitrogen and oxygen atoms in total. The highest BCUT2D eigenvalue weighted by Crippen LogP contribution is 2.34. The van der Waals surface area contributed by atoms with Crippen LogP contribution in [0.15, 0.2) is 24.4 Å². The molecule has 0 amide bonds. The topological polar surface area (TPSA) is 83.9 Å². The van der Waals surface area contributed by atoms with Crippen LogP contribution in [0.5, 0.6) is 11.5 Å². The predicted molar refractivity (Wildman–Crippen MR) is 100 cm³/mol. The third kappa shape index (κ3) is 4.54. The molecule has 2 heterocycles. The number of carboxylic acids is 1. The van der Waals surface area contributed by atoms with Gasteiger partial charge in [0, 0.05) is 29.9 Å². The number of benzene rings is 1. The van der Waals surface area contributed by atoms with Gasteiger partial charge in [0.05, 0.1) is 19.2 Å². The molecule has 1 fully saturated rings. The number of carboxylic acid groups (broad SMARTS) is 1. The second-order valence-electron chi connectivity index (χ2n) is 6.38. The minimum Gasteiger partial charge on any atom is -0.493 e. The van der Waals surface area contributed by atoms with Crippen molar-refractivity contribution in [1.29, 1.82) is 0 Å². The number of ether oxygens (including phenoxy) is 2. The standard InChI is InChI=1S/C19H25N3O4/c1-25-17-11-14-15(21-13-19(23)24)5-6-20-16(14)12-18(17)26-10-4-9-22-7-2-3-8-22/h5-6,11-12H,2-4,7-10,13H2,1H3,(H,20,21)(H,23,24). The number of fused-ring (bicyclic) bond motifs is 1. The SMILES string of the molecule is COc1cc2c(NCC(=O)O)ccnc2cc1OCCCN1CCCC1. The van der Waals surface area contributed by atoms with E-state index in [1.807, 2.05) is 12.1 Å². The van der Waals surface area contributed by atoms with E-state index < -0.39 is 5.97 Å². The van der Waals surface area contributed by atoms with Crippen molar-refractivity contribution in [1.82, 2.24) is 9.88 Å². The summed E-state index contributed by atoms with van der Waals surface area (Å²) in [6.07, 6.45) is 5.21. The normalized spacial score (nSPS) is 14.5. The molecule has 1 aromatic carbocycles. The second-order valence-corrected chi connectivity index (χ2v) is 6.38. The van der Waals surface area contributed by atoms with Gasteiger partial charge in [-0.3, -0.25) is 9.78 Å². The fourth-order valence-electron chi connectivity index (χ4n) is 3.23. The first-order chi connectivity index (χ1) is 12.7. The van der Waals surface area contributed by atoms with E-state index in [-0.39, 0.29) is 6.54 Å². The minimum atomic E-state index is -0.917. The van der Waals surface area contributed by atoms with Gasteiger partial charge >= 0.3 is 5.97 Å². The van der Waals surface area contributed by atoms with Gasteiger partial charge in [0.15, 0.2) is 11.5 Å². The molecule has 140 valence electrons. The molecule has 0 atom stereocenters. The number of anilines is 1. The average molecular weight is 359 g/mol. The number of hydrogen-bond donors (Lipinski definition) is 2. The average Bonchev–Trinajstić information content (AvgIpc) is 3.16. The maximum absolute atomic E-state index is 10.8. The van der Waals surface area contributed by atoms with E-state index in [0.717, 1.165) is 23.9 Å². The Labute approximate surface area is 152 Å². The highest BCUT2D eigenvalue weighted by atomic mass is 16.5. The summed E-state index contributed by atoms with van der Waals surface area (Å²) in [7, 11) is 1.60. The molecule has 26 heavy (non-hydrogen) atoms. The zero-order valence-electron chi connectivity index (χ0n) is 15.0. The number of nitrogens with zero attached hydrogens (tertiary/aromatic N) is 2. The molecule has 3 rings (SSSR count). The van der Waals surface area contributed by atoms with Crippen molar-refractivity contribution < 1.29 is 19.4 Å². The van der Waals surface area contributed by atoms with Crippen LogP contribution in [0.4, 0.5) is 5.69 Å². The summed E-state index contributed by atoms with van der Waals surface area (Å²) in [5.74, 6) is 0.356. The molecule has 2 aromatic rings. The van der Waals surface area contributed by atoms with Gasteiger partial charge in [-0.25, -0.2) is 0 Å². The Balaban J connectivity index is 1.70. The van der Waals surface area contributed by atoms with Crippen molar-refractivity contribution in [2.45, 2.75) is 19.3 Å². The van der Waals surface area contributed by atoms with Crippen LogP contribution in [-0.2, 0) is 4.79 Å². The van der Waals surface area contributed by atoms with E-state index in [4.69, 9.17) is 14.6 Å². The Kier molecular flexibility index (Phi) is 6.12. The molecule has 0 aliphatic carbocycles. The summed E-state index contributed by atoms with van der Waals surface area (Å²) in [6.45, 7) is 3.90. The van der Waals surface area contributed by atoms with E-state index in [9.17, 15) is 4.79 Å². The van der Waals surface area contributed by atoms with Crippen molar-refractivity contribution in [3.8, 4) is 11.5 Å². The van der Waals surface area contributed by atoms with Gasteiger partial charge in [-0.15, -0.1) is 0 Å². The lowest BCUT2D eigenvalue weighted by Gasteiger charge is -2.16. The van der Waals surface area contributed by atoms with Crippen LogP contribution in [0.2, 0.25) is 0 Å². The number of hydrogen-bond acceptors (Lipinski definition) is 6. The Hall–Kier alpha value is -2.54. The van der Waals surface area contributed by atoms with Gasteiger partial charge in [-0.1, -0.05) is 0 Å². The molecule has 0 bridgehead atoms. The molecule has 1 aliphatic rings. The summed E-state index contributed by atoms with van der Waals surface area (Å²) in [6, 6.07) is 5.43. The van der Waals surface area contributed by atoms with Crippen molar-refractivity contribution in [3.05, 3.63) is 24.4 Å². The number of aliphatic carboxylic acids is 1.